The van der Waals surface area contributed by atoms with E-state index >= 15 is 0 Å². The first-order valence-electron chi connectivity index (χ1n) is 8.88. The molecule has 2 aromatic rings. The second-order valence-corrected chi connectivity index (χ2v) is 6.24. The van der Waals surface area contributed by atoms with Crippen molar-refractivity contribution in [3.05, 3.63) is 41.7 Å². The number of rotatable bonds is 7. The molecule has 142 valence electrons. The summed E-state index contributed by atoms with van der Waals surface area (Å²) >= 11 is 0. The average Bonchev–Trinajstić information content (AvgIpc) is 3.16. The minimum absolute atomic E-state index is 0. The standard InChI is InChI=1S/C18H25N5O2.ClH/c1-2-11-25-16-5-3-14(4-6-16)12-20-18(24)17-13-23(22-21-17)15-7-9-19-10-8-15;/h3-6,13,15,19H,2,7-12H2,1H3,(H,20,24);1H. The van der Waals surface area contributed by atoms with Gasteiger partial charge < -0.3 is 15.4 Å². The quantitative estimate of drug-likeness (QED) is 0.771. The Labute approximate surface area is 159 Å². The van der Waals surface area contributed by atoms with Crippen LogP contribution in [0.1, 0.15) is 48.3 Å². The van der Waals surface area contributed by atoms with Crippen LogP contribution >= 0.6 is 12.4 Å². The number of carbonyl (C=O) groups is 1. The highest BCUT2D eigenvalue weighted by atomic mass is 35.5. The summed E-state index contributed by atoms with van der Waals surface area (Å²) in [6.07, 6.45) is 4.75. The monoisotopic (exact) mass is 379 g/mol. The first-order valence-corrected chi connectivity index (χ1v) is 8.88. The van der Waals surface area contributed by atoms with Crippen LogP contribution < -0.4 is 15.4 Å². The number of hydrogen-bond acceptors (Lipinski definition) is 5. The lowest BCUT2D eigenvalue weighted by molar-refractivity contribution is 0.0946. The summed E-state index contributed by atoms with van der Waals surface area (Å²) in [6, 6.07) is 8.08. The SMILES string of the molecule is CCCOc1ccc(CNC(=O)c2cn(C3CCNCC3)nn2)cc1.Cl. The lowest BCUT2D eigenvalue weighted by Gasteiger charge is -2.22. The van der Waals surface area contributed by atoms with Gasteiger partial charge in [-0.15, -0.1) is 17.5 Å². The van der Waals surface area contributed by atoms with Gasteiger partial charge in [-0.25, -0.2) is 4.68 Å². The molecule has 1 aromatic heterocycles. The molecule has 1 aliphatic heterocycles. The summed E-state index contributed by atoms with van der Waals surface area (Å²) in [5, 5.41) is 14.3. The smallest absolute Gasteiger partial charge is 0.273 e. The fraction of sp³-hybridized carbons (Fsp3) is 0.500. The number of nitrogens with zero attached hydrogens (tertiary/aromatic N) is 3. The molecule has 1 aliphatic rings. The fourth-order valence-corrected chi connectivity index (χ4v) is 2.83. The van der Waals surface area contributed by atoms with E-state index in [-0.39, 0.29) is 18.3 Å². The van der Waals surface area contributed by atoms with E-state index in [2.05, 4.69) is 27.9 Å². The highest BCUT2D eigenvalue weighted by Crippen LogP contribution is 2.17. The summed E-state index contributed by atoms with van der Waals surface area (Å²) in [6.45, 7) is 5.19. The van der Waals surface area contributed by atoms with E-state index in [9.17, 15) is 4.79 Å². The fourth-order valence-electron chi connectivity index (χ4n) is 2.83. The van der Waals surface area contributed by atoms with E-state index in [0.717, 1.165) is 43.7 Å². The maximum Gasteiger partial charge on any atom is 0.273 e. The van der Waals surface area contributed by atoms with Crippen molar-refractivity contribution in [2.24, 2.45) is 0 Å². The number of ether oxygens (including phenoxy) is 1. The van der Waals surface area contributed by atoms with E-state index in [4.69, 9.17) is 4.74 Å². The van der Waals surface area contributed by atoms with Gasteiger partial charge in [0.15, 0.2) is 5.69 Å². The average molecular weight is 380 g/mol. The van der Waals surface area contributed by atoms with Gasteiger partial charge in [0.2, 0.25) is 0 Å². The molecule has 0 saturated carbocycles. The van der Waals surface area contributed by atoms with Crippen molar-refractivity contribution < 1.29 is 9.53 Å². The molecule has 1 saturated heterocycles. The molecule has 0 aliphatic carbocycles. The Morgan fingerprint density at radius 3 is 2.73 bits per heavy atom. The van der Waals surface area contributed by atoms with Crippen LogP contribution in [0.25, 0.3) is 0 Å². The van der Waals surface area contributed by atoms with Crippen molar-refractivity contribution in [2.45, 2.75) is 38.8 Å². The number of halogens is 1. The largest absolute Gasteiger partial charge is 0.494 e. The number of nitrogens with one attached hydrogen (secondary N) is 2. The normalized spacial score (nSPS) is 14.5. The highest BCUT2D eigenvalue weighted by Gasteiger charge is 2.18. The first-order chi connectivity index (χ1) is 12.3. The van der Waals surface area contributed by atoms with E-state index in [1.807, 2.05) is 28.9 Å². The highest BCUT2D eigenvalue weighted by molar-refractivity contribution is 5.91. The second-order valence-electron chi connectivity index (χ2n) is 6.24. The maximum atomic E-state index is 12.3. The minimum Gasteiger partial charge on any atom is -0.494 e. The predicted octanol–water partition coefficient (Wildman–Crippen LogP) is 2.34. The van der Waals surface area contributed by atoms with Gasteiger partial charge in [0.25, 0.3) is 5.91 Å². The van der Waals surface area contributed by atoms with E-state index < -0.39 is 0 Å². The van der Waals surface area contributed by atoms with Crippen molar-refractivity contribution in [3.8, 4) is 5.75 Å². The van der Waals surface area contributed by atoms with Gasteiger partial charge in [-0.3, -0.25) is 4.79 Å². The third-order valence-electron chi connectivity index (χ3n) is 4.27. The summed E-state index contributed by atoms with van der Waals surface area (Å²) in [7, 11) is 0. The molecular formula is C18H26ClN5O2. The number of piperidine rings is 1. The zero-order valence-electron chi connectivity index (χ0n) is 15.0. The molecule has 26 heavy (non-hydrogen) atoms. The van der Waals surface area contributed by atoms with Crippen LogP contribution in [0.15, 0.2) is 30.5 Å². The second kappa shape index (κ2) is 10.1. The molecule has 1 aromatic carbocycles. The Morgan fingerprint density at radius 1 is 1.31 bits per heavy atom. The molecule has 0 spiro atoms. The van der Waals surface area contributed by atoms with Gasteiger partial charge in [0.05, 0.1) is 18.8 Å². The summed E-state index contributed by atoms with van der Waals surface area (Å²) < 4.78 is 7.37. The van der Waals surface area contributed by atoms with Crippen molar-refractivity contribution in [1.29, 1.82) is 0 Å². The van der Waals surface area contributed by atoms with Crippen LogP contribution in [0.3, 0.4) is 0 Å². The number of hydrogen-bond donors (Lipinski definition) is 2. The van der Waals surface area contributed by atoms with Gasteiger partial charge >= 0.3 is 0 Å². The summed E-state index contributed by atoms with van der Waals surface area (Å²) in [5.74, 6) is 0.647. The van der Waals surface area contributed by atoms with Gasteiger partial charge in [-0.1, -0.05) is 24.3 Å². The predicted molar refractivity (Wildman–Crippen MR) is 102 cm³/mol. The molecule has 7 nitrogen and oxygen atoms in total. The van der Waals surface area contributed by atoms with Gasteiger partial charge in [0, 0.05) is 6.54 Å². The first kappa shape index (κ1) is 20.2. The lowest BCUT2D eigenvalue weighted by atomic mass is 10.1. The number of carbonyl (C=O) groups excluding carboxylic acids is 1. The number of benzene rings is 1. The van der Waals surface area contributed by atoms with E-state index in [1.54, 1.807) is 6.20 Å². The maximum absolute atomic E-state index is 12.3. The van der Waals surface area contributed by atoms with Crippen molar-refractivity contribution in [1.82, 2.24) is 25.6 Å². The zero-order chi connectivity index (χ0) is 17.5. The number of aromatic nitrogens is 3. The molecule has 1 fully saturated rings. The van der Waals surface area contributed by atoms with Crippen molar-refractivity contribution >= 4 is 18.3 Å². The topological polar surface area (TPSA) is 81.1 Å². The van der Waals surface area contributed by atoms with E-state index in [0.29, 0.717) is 24.9 Å². The number of amides is 1. The third-order valence-corrected chi connectivity index (χ3v) is 4.27. The molecule has 3 rings (SSSR count). The molecule has 0 radical (unpaired) electrons. The third kappa shape index (κ3) is 5.44. The van der Waals surface area contributed by atoms with Crippen LogP contribution in [0, 0.1) is 0 Å². The molecule has 2 heterocycles. The molecule has 2 N–H and O–H groups in total. The molecule has 0 unspecified atom stereocenters. The molecular weight excluding hydrogens is 354 g/mol. The van der Waals surface area contributed by atoms with Crippen LogP contribution in [0.2, 0.25) is 0 Å². The lowest BCUT2D eigenvalue weighted by Crippen LogP contribution is -2.29. The summed E-state index contributed by atoms with van der Waals surface area (Å²) in [5.41, 5.74) is 1.38. The van der Waals surface area contributed by atoms with Crippen LogP contribution in [0.4, 0.5) is 0 Å². The van der Waals surface area contributed by atoms with Crippen LogP contribution in [-0.2, 0) is 6.54 Å². The minimum atomic E-state index is -0.202. The Morgan fingerprint density at radius 2 is 2.04 bits per heavy atom. The Balaban J connectivity index is 0.00000243. The van der Waals surface area contributed by atoms with Crippen molar-refractivity contribution in [3.63, 3.8) is 0 Å². The van der Waals surface area contributed by atoms with Crippen molar-refractivity contribution in [2.75, 3.05) is 19.7 Å². The Hall–Kier alpha value is -2.12. The molecule has 1 amide bonds. The van der Waals surface area contributed by atoms with Crippen LogP contribution in [-0.4, -0.2) is 40.6 Å². The zero-order valence-corrected chi connectivity index (χ0v) is 15.8. The van der Waals surface area contributed by atoms with Gasteiger partial charge in [0.1, 0.15) is 5.75 Å². The van der Waals surface area contributed by atoms with Gasteiger partial charge in [-0.05, 0) is 50.0 Å². The van der Waals surface area contributed by atoms with E-state index in [1.165, 1.54) is 0 Å². The molecule has 0 bridgehead atoms. The van der Waals surface area contributed by atoms with Crippen LogP contribution in [0.5, 0.6) is 5.75 Å². The van der Waals surface area contributed by atoms with Gasteiger partial charge in [-0.2, -0.15) is 0 Å². The molecule has 8 heteroatoms. The Kier molecular flexibility index (Phi) is 7.87. The summed E-state index contributed by atoms with van der Waals surface area (Å²) in [4.78, 5) is 12.3. The Bertz CT molecular complexity index is 683. The molecule has 0 atom stereocenters.